The van der Waals surface area contributed by atoms with Crippen LogP contribution >= 0.6 is 0 Å². The smallest absolute Gasteiger partial charge is 0.219 e. The highest BCUT2D eigenvalue weighted by atomic mass is 19.1. The zero-order valence-electron chi connectivity index (χ0n) is 16.4. The predicted octanol–water partition coefficient (Wildman–Crippen LogP) is 3.47. The van der Waals surface area contributed by atoms with Crippen LogP contribution in [-0.2, 0) is 4.79 Å². The minimum absolute atomic E-state index is 0.179. The summed E-state index contributed by atoms with van der Waals surface area (Å²) in [7, 11) is 0. The SMILES string of the molecule is CC(=O)N1CCC(N2CCC[C@H](c3nccnc3-c3ccc(F)cc3)C2)CC1. The van der Waals surface area contributed by atoms with Crippen molar-refractivity contribution in [1.29, 1.82) is 0 Å². The molecule has 0 saturated carbocycles. The van der Waals surface area contributed by atoms with Crippen molar-refractivity contribution in [1.82, 2.24) is 19.8 Å². The molecule has 6 heteroatoms. The maximum Gasteiger partial charge on any atom is 0.219 e. The Hall–Kier alpha value is -2.34. The number of piperidine rings is 2. The Bertz CT molecular complexity index is 818. The largest absolute Gasteiger partial charge is 0.343 e. The van der Waals surface area contributed by atoms with Crippen LogP contribution in [-0.4, -0.2) is 57.9 Å². The summed E-state index contributed by atoms with van der Waals surface area (Å²) in [6, 6.07) is 7.04. The topological polar surface area (TPSA) is 49.3 Å². The molecule has 2 aliphatic heterocycles. The lowest BCUT2D eigenvalue weighted by molar-refractivity contribution is -0.130. The number of likely N-dealkylation sites (tertiary alicyclic amines) is 2. The highest BCUT2D eigenvalue weighted by molar-refractivity contribution is 5.73. The number of halogens is 1. The van der Waals surface area contributed by atoms with E-state index in [1.807, 2.05) is 4.90 Å². The summed E-state index contributed by atoms with van der Waals surface area (Å²) in [6.07, 6.45) is 7.77. The number of hydrogen-bond acceptors (Lipinski definition) is 4. The Morgan fingerprint density at radius 2 is 1.75 bits per heavy atom. The molecule has 5 nitrogen and oxygen atoms in total. The van der Waals surface area contributed by atoms with Gasteiger partial charge in [0, 0.05) is 56.5 Å². The van der Waals surface area contributed by atoms with Crippen LogP contribution in [0.15, 0.2) is 36.7 Å². The van der Waals surface area contributed by atoms with E-state index >= 15 is 0 Å². The molecule has 0 N–H and O–H groups in total. The molecule has 2 fully saturated rings. The summed E-state index contributed by atoms with van der Waals surface area (Å²) >= 11 is 0. The van der Waals surface area contributed by atoms with Gasteiger partial charge in [-0.25, -0.2) is 4.39 Å². The van der Waals surface area contributed by atoms with Crippen LogP contribution in [0, 0.1) is 5.82 Å². The van der Waals surface area contributed by atoms with Crippen molar-refractivity contribution in [3.05, 3.63) is 48.2 Å². The van der Waals surface area contributed by atoms with Crippen LogP contribution in [0.2, 0.25) is 0 Å². The first kappa shape index (κ1) is 19.0. The summed E-state index contributed by atoms with van der Waals surface area (Å²) in [5.74, 6) is 0.266. The first-order valence-corrected chi connectivity index (χ1v) is 10.2. The van der Waals surface area contributed by atoms with Gasteiger partial charge in [0.15, 0.2) is 0 Å². The molecule has 28 heavy (non-hydrogen) atoms. The molecule has 3 heterocycles. The fraction of sp³-hybridized carbons (Fsp3) is 0.500. The average Bonchev–Trinajstić information content (AvgIpc) is 2.74. The number of aromatic nitrogens is 2. The lowest BCUT2D eigenvalue weighted by Crippen LogP contribution is -2.49. The van der Waals surface area contributed by atoms with Crippen molar-refractivity contribution in [3.8, 4) is 11.3 Å². The number of nitrogens with zero attached hydrogens (tertiary/aromatic N) is 4. The van der Waals surface area contributed by atoms with Gasteiger partial charge in [0.2, 0.25) is 5.91 Å². The van der Waals surface area contributed by atoms with Crippen LogP contribution in [0.5, 0.6) is 0 Å². The van der Waals surface area contributed by atoms with Gasteiger partial charge in [-0.1, -0.05) is 0 Å². The van der Waals surface area contributed by atoms with Gasteiger partial charge in [0.25, 0.3) is 0 Å². The third kappa shape index (κ3) is 4.07. The number of carbonyl (C=O) groups excluding carboxylic acids is 1. The molecule has 2 saturated heterocycles. The summed E-state index contributed by atoms with van der Waals surface area (Å²) in [4.78, 5) is 25.4. The average molecular weight is 382 g/mol. The van der Waals surface area contributed by atoms with Crippen LogP contribution in [0.25, 0.3) is 11.3 Å². The molecular weight excluding hydrogens is 355 g/mol. The first-order chi connectivity index (χ1) is 13.6. The van der Waals surface area contributed by atoms with Crippen LogP contribution in [0.3, 0.4) is 0 Å². The fourth-order valence-electron chi connectivity index (χ4n) is 4.58. The number of benzene rings is 1. The van der Waals surface area contributed by atoms with Crippen LogP contribution in [0.1, 0.15) is 44.2 Å². The van der Waals surface area contributed by atoms with Crippen molar-refractivity contribution in [2.24, 2.45) is 0 Å². The van der Waals surface area contributed by atoms with Crippen LogP contribution in [0.4, 0.5) is 4.39 Å². The number of hydrogen-bond donors (Lipinski definition) is 0. The lowest BCUT2D eigenvalue weighted by atomic mass is 9.89. The molecule has 1 atom stereocenters. The summed E-state index contributed by atoms with van der Waals surface area (Å²) in [5, 5.41) is 0. The lowest BCUT2D eigenvalue weighted by Gasteiger charge is -2.42. The van der Waals surface area contributed by atoms with E-state index in [1.165, 1.54) is 12.1 Å². The minimum Gasteiger partial charge on any atom is -0.343 e. The molecule has 148 valence electrons. The highest BCUT2D eigenvalue weighted by Crippen LogP contribution is 2.33. The molecule has 0 unspecified atom stereocenters. The maximum absolute atomic E-state index is 13.3. The maximum atomic E-state index is 13.3. The summed E-state index contributed by atoms with van der Waals surface area (Å²) < 4.78 is 13.3. The zero-order chi connectivity index (χ0) is 19.5. The van der Waals surface area contributed by atoms with E-state index in [0.717, 1.165) is 68.8 Å². The van der Waals surface area contributed by atoms with E-state index in [1.54, 1.807) is 31.5 Å². The number of carbonyl (C=O) groups is 1. The second-order valence-electron chi connectivity index (χ2n) is 7.87. The highest BCUT2D eigenvalue weighted by Gasteiger charge is 2.31. The van der Waals surface area contributed by atoms with Crippen molar-refractivity contribution in [2.75, 3.05) is 26.2 Å². The first-order valence-electron chi connectivity index (χ1n) is 10.2. The second-order valence-corrected chi connectivity index (χ2v) is 7.87. The molecule has 4 rings (SSSR count). The quantitative estimate of drug-likeness (QED) is 0.816. The van der Waals surface area contributed by atoms with Gasteiger partial charge >= 0.3 is 0 Å². The van der Waals surface area contributed by atoms with E-state index in [0.29, 0.717) is 12.0 Å². The third-order valence-electron chi connectivity index (χ3n) is 6.11. The standard InChI is InChI=1S/C22H27FN4O/c1-16(28)26-13-8-20(9-14-26)27-12-2-3-18(15-27)22-21(24-10-11-25-22)17-4-6-19(23)7-5-17/h4-7,10-11,18,20H,2-3,8-9,12-15H2,1H3/t18-/m0/s1. The third-order valence-corrected chi connectivity index (χ3v) is 6.11. The van der Waals surface area contributed by atoms with Gasteiger partial charge in [0.1, 0.15) is 5.82 Å². The van der Waals surface area contributed by atoms with Crippen molar-refractivity contribution in [2.45, 2.75) is 44.6 Å². The molecule has 1 amide bonds. The van der Waals surface area contributed by atoms with Gasteiger partial charge < -0.3 is 4.90 Å². The summed E-state index contributed by atoms with van der Waals surface area (Å²) in [5.41, 5.74) is 2.79. The zero-order valence-corrected chi connectivity index (χ0v) is 16.4. The molecule has 0 radical (unpaired) electrons. The normalized spacial score (nSPS) is 21.6. The van der Waals surface area contributed by atoms with Gasteiger partial charge in [-0.2, -0.15) is 0 Å². The van der Waals surface area contributed by atoms with E-state index in [-0.39, 0.29) is 11.7 Å². The molecule has 2 aliphatic rings. The molecule has 1 aromatic carbocycles. The van der Waals surface area contributed by atoms with Gasteiger partial charge in [-0.05, 0) is 56.5 Å². The van der Waals surface area contributed by atoms with Gasteiger partial charge in [-0.3, -0.25) is 19.7 Å². The molecule has 0 aliphatic carbocycles. The van der Waals surface area contributed by atoms with E-state index in [9.17, 15) is 9.18 Å². The molecular formula is C22H27FN4O. The van der Waals surface area contributed by atoms with E-state index in [4.69, 9.17) is 0 Å². The van der Waals surface area contributed by atoms with Crippen LogP contribution < -0.4 is 0 Å². The molecule has 1 aromatic heterocycles. The molecule has 0 spiro atoms. The van der Waals surface area contributed by atoms with E-state index in [2.05, 4.69) is 14.9 Å². The monoisotopic (exact) mass is 382 g/mol. The van der Waals surface area contributed by atoms with Crippen molar-refractivity contribution in [3.63, 3.8) is 0 Å². The Kier molecular flexibility index (Phi) is 5.67. The molecule has 0 bridgehead atoms. The fourth-order valence-corrected chi connectivity index (χ4v) is 4.58. The van der Waals surface area contributed by atoms with Gasteiger partial charge in [-0.15, -0.1) is 0 Å². The van der Waals surface area contributed by atoms with Crippen molar-refractivity contribution >= 4 is 5.91 Å². The Balaban J connectivity index is 1.50. The second kappa shape index (κ2) is 8.35. The van der Waals surface area contributed by atoms with E-state index < -0.39 is 0 Å². The predicted molar refractivity (Wildman–Crippen MR) is 106 cm³/mol. The number of rotatable bonds is 3. The van der Waals surface area contributed by atoms with Gasteiger partial charge in [0.05, 0.1) is 11.4 Å². The Morgan fingerprint density at radius 3 is 2.46 bits per heavy atom. The Morgan fingerprint density at radius 1 is 1.04 bits per heavy atom. The molecule has 2 aromatic rings. The van der Waals surface area contributed by atoms with Crippen molar-refractivity contribution < 1.29 is 9.18 Å². The Labute approximate surface area is 165 Å². The minimum atomic E-state index is -0.241. The number of amides is 1. The summed E-state index contributed by atoms with van der Waals surface area (Å²) in [6.45, 7) is 5.44.